The summed E-state index contributed by atoms with van der Waals surface area (Å²) >= 11 is 0. The van der Waals surface area contributed by atoms with Crippen LogP contribution in [-0.2, 0) is 10.9 Å². The number of rotatable bonds is 3. The second kappa shape index (κ2) is 7.53. The molecular formula is C23H26F3N7O. The molecule has 6 heterocycles. The monoisotopic (exact) mass is 473 g/mol. The van der Waals surface area contributed by atoms with Crippen LogP contribution in [-0.4, -0.2) is 64.1 Å². The average molecular weight is 474 g/mol. The lowest BCUT2D eigenvalue weighted by molar-refractivity contribution is -0.141. The van der Waals surface area contributed by atoms with Gasteiger partial charge in [-0.15, -0.1) is 0 Å². The summed E-state index contributed by atoms with van der Waals surface area (Å²) in [7, 11) is 0. The Hall–Kier alpha value is -2.95. The Balaban J connectivity index is 1.22. The van der Waals surface area contributed by atoms with Gasteiger partial charge in [-0.3, -0.25) is 0 Å². The summed E-state index contributed by atoms with van der Waals surface area (Å²) < 4.78 is 47.1. The molecule has 0 saturated carbocycles. The van der Waals surface area contributed by atoms with E-state index in [4.69, 9.17) is 9.72 Å². The van der Waals surface area contributed by atoms with Crippen molar-refractivity contribution in [3.8, 4) is 0 Å². The lowest BCUT2D eigenvalue weighted by Gasteiger charge is -2.27. The van der Waals surface area contributed by atoms with Crippen molar-refractivity contribution in [1.82, 2.24) is 24.7 Å². The number of halogens is 3. The summed E-state index contributed by atoms with van der Waals surface area (Å²) in [5, 5.41) is 5.73. The van der Waals surface area contributed by atoms with Crippen molar-refractivity contribution in [2.45, 2.75) is 38.9 Å². The van der Waals surface area contributed by atoms with E-state index in [9.17, 15) is 13.2 Å². The Labute approximate surface area is 194 Å². The largest absolute Gasteiger partial charge is 0.433 e. The van der Waals surface area contributed by atoms with Gasteiger partial charge in [0, 0.05) is 43.0 Å². The highest BCUT2D eigenvalue weighted by Gasteiger charge is 2.45. The van der Waals surface area contributed by atoms with Crippen LogP contribution in [0, 0.1) is 19.3 Å². The van der Waals surface area contributed by atoms with Crippen molar-refractivity contribution >= 4 is 22.7 Å². The fourth-order valence-corrected chi connectivity index (χ4v) is 5.41. The minimum atomic E-state index is -4.48. The Kier molecular flexibility index (Phi) is 4.78. The fourth-order valence-electron chi connectivity index (χ4n) is 5.41. The van der Waals surface area contributed by atoms with E-state index >= 15 is 0 Å². The van der Waals surface area contributed by atoms with Crippen LogP contribution in [0.1, 0.15) is 36.1 Å². The van der Waals surface area contributed by atoms with Crippen LogP contribution in [0.15, 0.2) is 18.2 Å². The highest BCUT2D eigenvalue weighted by atomic mass is 19.4. The lowest BCUT2D eigenvalue weighted by Crippen LogP contribution is -2.32. The smallest absolute Gasteiger partial charge is 0.377 e. The van der Waals surface area contributed by atoms with Crippen LogP contribution in [0.3, 0.4) is 0 Å². The van der Waals surface area contributed by atoms with Gasteiger partial charge in [-0.05, 0) is 38.8 Å². The number of aryl methyl sites for hydroxylation is 2. The maximum absolute atomic E-state index is 13.2. The summed E-state index contributed by atoms with van der Waals surface area (Å²) in [6.45, 7) is 7.85. The van der Waals surface area contributed by atoms with E-state index < -0.39 is 11.9 Å². The van der Waals surface area contributed by atoms with Gasteiger partial charge in [0.05, 0.1) is 18.9 Å². The molecule has 3 aromatic heterocycles. The van der Waals surface area contributed by atoms with E-state index in [0.29, 0.717) is 32.1 Å². The summed E-state index contributed by atoms with van der Waals surface area (Å²) in [4.78, 5) is 17.1. The summed E-state index contributed by atoms with van der Waals surface area (Å²) in [6.07, 6.45) is -2.61. The summed E-state index contributed by atoms with van der Waals surface area (Å²) in [5.41, 5.74) is 0.966. The molecule has 0 amide bonds. The minimum Gasteiger partial charge on any atom is -0.377 e. The number of pyridine rings is 1. The molecule has 6 rings (SSSR count). The van der Waals surface area contributed by atoms with Crippen molar-refractivity contribution in [3.05, 3.63) is 35.4 Å². The quantitative estimate of drug-likeness (QED) is 0.576. The first-order valence-corrected chi connectivity index (χ1v) is 11.6. The second-order valence-corrected chi connectivity index (χ2v) is 9.76. The number of hydrogen-bond acceptors (Lipinski definition) is 7. The molecule has 1 atom stereocenters. The average Bonchev–Trinajstić information content (AvgIpc) is 3.45. The molecular weight excluding hydrogens is 447 g/mol. The molecule has 3 aliphatic rings. The highest BCUT2D eigenvalue weighted by Crippen LogP contribution is 2.42. The lowest BCUT2D eigenvalue weighted by atomic mass is 9.86. The van der Waals surface area contributed by atoms with Crippen molar-refractivity contribution < 1.29 is 17.9 Å². The minimum absolute atomic E-state index is 0.00581. The van der Waals surface area contributed by atoms with Gasteiger partial charge < -0.3 is 14.5 Å². The molecule has 34 heavy (non-hydrogen) atoms. The maximum atomic E-state index is 13.2. The second-order valence-electron chi connectivity index (χ2n) is 9.76. The molecule has 1 unspecified atom stereocenters. The third-order valence-electron chi connectivity index (χ3n) is 7.33. The van der Waals surface area contributed by atoms with Crippen molar-refractivity contribution in [2.24, 2.45) is 5.41 Å². The fraction of sp³-hybridized carbons (Fsp3) is 0.565. The molecule has 3 saturated heterocycles. The van der Waals surface area contributed by atoms with Crippen LogP contribution in [0.5, 0.6) is 0 Å². The van der Waals surface area contributed by atoms with Gasteiger partial charge in [-0.25, -0.2) is 19.6 Å². The molecule has 0 radical (unpaired) electrons. The third kappa shape index (κ3) is 3.57. The van der Waals surface area contributed by atoms with Crippen molar-refractivity contribution in [2.75, 3.05) is 49.2 Å². The molecule has 0 N–H and O–H groups in total. The zero-order valence-corrected chi connectivity index (χ0v) is 19.1. The number of aromatic nitrogens is 5. The number of fused-ring (bicyclic) bond motifs is 1. The topological polar surface area (TPSA) is 72.2 Å². The Bertz CT molecular complexity index is 1260. The normalized spacial score (nSPS) is 23.4. The van der Waals surface area contributed by atoms with Crippen molar-refractivity contribution in [3.63, 3.8) is 0 Å². The van der Waals surface area contributed by atoms with Crippen molar-refractivity contribution in [1.29, 1.82) is 0 Å². The van der Waals surface area contributed by atoms with E-state index in [1.807, 2.05) is 22.6 Å². The first-order chi connectivity index (χ1) is 16.2. The molecule has 3 fully saturated rings. The third-order valence-corrected chi connectivity index (χ3v) is 7.33. The van der Waals surface area contributed by atoms with E-state index in [2.05, 4.69) is 26.0 Å². The number of hydrogen-bond donors (Lipinski definition) is 0. The van der Waals surface area contributed by atoms with Gasteiger partial charge in [0.25, 0.3) is 0 Å². The number of anilines is 2. The first kappa shape index (κ1) is 21.6. The predicted octanol–water partition coefficient (Wildman–Crippen LogP) is 3.54. The maximum Gasteiger partial charge on any atom is 0.433 e. The van der Waals surface area contributed by atoms with E-state index in [0.717, 1.165) is 54.5 Å². The first-order valence-electron chi connectivity index (χ1n) is 11.6. The standard InChI is InChI=1S/C23H26F3N7O/c1-14-17-3-4-19(29-21(17)33(30-14)16-10-34-11-16)31-7-5-22(12-31)6-8-32(13-22)20-9-18(23(24,25)26)27-15(2)28-20/h3-4,9,16H,5-8,10-13H2,1-2H3. The van der Waals surface area contributed by atoms with E-state index in [1.54, 1.807) is 0 Å². The Morgan fingerprint density at radius 1 is 0.971 bits per heavy atom. The number of alkyl halides is 3. The van der Waals surface area contributed by atoms with E-state index in [1.165, 1.54) is 6.92 Å². The van der Waals surface area contributed by atoms with Gasteiger partial charge in [0.1, 0.15) is 29.2 Å². The van der Waals surface area contributed by atoms with Gasteiger partial charge >= 0.3 is 6.18 Å². The predicted molar refractivity (Wildman–Crippen MR) is 120 cm³/mol. The zero-order valence-electron chi connectivity index (χ0n) is 19.1. The molecule has 0 aliphatic carbocycles. The van der Waals surface area contributed by atoms with Crippen LogP contribution in [0.4, 0.5) is 24.8 Å². The van der Waals surface area contributed by atoms with Crippen LogP contribution < -0.4 is 9.80 Å². The molecule has 0 aromatic carbocycles. The van der Waals surface area contributed by atoms with Gasteiger partial charge in [0.15, 0.2) is 5.65 Å². The molecule has 0 bridgehead atoms. The summed E-state index contributed by atoms with van der Waals surface area (Å²) in [5.74, 6) is 1.42. The Morgan fingerprint density at radius 3 is 2.32 bits per heavy atom. The van der Waals surface area contributed by atoms with Gasteiger partial charge in [0.2, 0.25) is 0 Å². The highest BCUT2D eigenvalue weighted by molar-refractivity contribution is 5.80. The molecule has 3 aliphatic heterocycles. The molecule has 8 nitrogen and oxygen atoms in total. The number of ether oxygens (including phenoxy) is 1. The molecule has 1 spiro atoms. The van der Waals surface area contributed by atoms with Gasteiger partial charge in [-0.1, -0.05) is 0 Å². The zero-order chi connectivity index (χ0) is 23.7. The number of nitrogens with zero attached hydrogens (tertiary/aromatic N) is 7. The van der Waals surface area contributed by atoms with E-state index in [-0.39, 0.29) is 17.3 Å². The molecule has 180 valence electrons. The van der Waals surface area contributed by atoms with Crippen LogP contribution in [0.25, 0.3) is 11.0 Å². The Morgan fingerprint density at radius 2 is 1.68 bits per heavy atom. The SMILES string of the molecule is Cc1nc(N2CCC3(CCN(c4ccc5c(C)nn(C6COC6)c5n4)C3)C2)cc(C(F)(F)F)n1. The molecule has 3 aromatic rings. The van der Waals surface area contributed by atoms with Crippen LogP contribution >= 0.6 is 0 Å². The van der Waals surface area contributed by atoms with Gasteiger partial charge in [-0.2, -0.15) is 18.3 Å². The molecule has 11 heteroatoms. The summed E-state index contributed by atoms with van der Waals surface area (Å²) in [6, 6.07) is 5.44. The van der Waals surface area contributed by atoms with Crippen LogP contribution in [0.2, 0.25) is 0 Å².